The lowest BCUT2D eigenvalue weighted by Crippen LogP contribution is -2.43. The molecule has 0 bridgehead atoms. The van der Waals surface area contributed by atoms with Gasteiger partial charge in [-0.25, -0.2) is 0 Å². The molecule has 2 amide bonds. The number of hydrogen-bond donors (Lipinski definition) is 2. The predicted molar refractivity (Wildman–Crippen MR) is 219 cm³/mol. The van der Waals surface area contributed by atoms with Gasteiger partial charge in [0.15, 0.2) is 0 Å². The number of aromatic nitrogens is 1. The van der Waals surface area contributed by atoms with Crippen molar-refractivity contribution in [3.63, 3.8) is 0 Å². The molecule has 10 heteroatoms. The number of pyridine rings is 1. The molecule has 1 saturated heterocycles. The molecule has 0 saturated carbocycles. The van der Waals surface area contributed by atoms with Crippen LogP contribution in [0.4, 0.5) is 0 Å². The van der Waals surface area contributed by atoms with E-state index in [0.717, 1.165) is 77.7 Å². The second-order valence-electron chi connectivity index (χ2n) is 14.8. The molecule has 290 valence electrons. The molecule has 1 aliphatic rings. The summed E-state index contributed by atoms with van der Waals surface area (Å²) in [5.74, 6) is 1.53. The molecule has 56 heavy (non-hydrogen) atoms. The maximum atomic E-state index is 13.4. The highest BCUT2D eigenvalue weighted by Crippen LogP contribution is 2.32. The van der Waals surface area contributed by atoms with Crippen molar-refractivity contribution in [1.29, 1.82) is 0 Å². The largest absolute Gasteiger partial charge is 0.457 e. The van der Waals surface area contributed by atoms with Gasteiger partial charge in [-0.1, -0.05) is 54.1 Å². The van der Waals surface area contributed by atoms with E-state index in [2.05, 4.69) is 21.6 Å². The summed E-state index contributed by atoms with van der Waals surface area (Å²) in [5.41, 5.74) is 6.17. The summed E-state index contributed by atoms with van der Waals surface area (Å²) in [7, 11) is 3.44. The van der Waals surface area contributed by atoms with Crippen LogP contribution in [0.3, 0.4) is 0 Å². The molecule has 1 fully saturated rings. The lowest BCUT2D eigenvalue weighted by molar-refractivity contribution is -0.126. The van der Waals surface area contributed by atoms with E-state index in [-0.39, 0.29) is 24.3 Å². The van der Waals surface area contributed by atoms with Gasteiger partial charge in [0.25, 0.3) is 5.91 Å². The Kier molecular flexibility index (Phi) is 13.4. The molecule has 2 N–H and O–H groups in total. The van der Waals surface area contributed by atoms with Crippen LogP contribution in [0.2, 0.25) is 0 Å². The number of aldehydes is 2. The third-order valence-electron chi connectivity index (χ3n) is 10.8. The van der Waals surface area contributed by atoms with E-state index in [1.807, 2.05) is 117 Å². The first-order valence-corrected chi connectivity index (χ1v) is 19.4. The van der Waals surface area contributed by atoms with Crippen molar-refractivity contribution in [3.8, 4) is 11.5 Å². The van der Waals surface area contributed by atoms with E-state index in [0.29, 0.717) is 36.6 Å². The minimum absolute atomic E-state index is 0.148. The summed E-state index contributed by atoms with van der Waals surface area (Å²) in [6, 6.07) is 30.7. The molecule has 1 aliphatic heterocycles. The number of likely N-dealkylation sites (N-methyl/N-ethyl adjacent to an activating group) is 2. The summed E-state index contributed by atoms with van der Waals surface area (Å²) in [4.78, 5) is 58.2. The van der Waals surface area contributed by atoms with Crippen LogP contribution in [0.1, 0.15) is 93.4 Å². The molecule has 0 aliphatic carbocycles. The Balaban J connectivity index is 1.04. The van der Waals surface area contributed by atoms with Gasteiger partial charge in [-0.3, -0.25) is 29.2 Å². The fourth-order valence-electron chi connectivity index (χ4n) is 7.51. The number of hydrogen-bond acceptors (Lipinski definition) is 8. The quantitative estimate of drug-likeness (QED) is 0.0993. The first-order chi connectivity index (χ1) is 27.1. The second-order valence-corrected chi connectivity index (χ2v) is 14.8. The van der Waals surface area contributed by atoms with Crippen LogP contribution in [-0.2, 0) is 22.7 Å². The third kappa shape index (κ3) is 9.93. The Labute approximate surface area is 329 Å². The molecule has 2 heterocycles. The summed E-state index contributed by atoms with van der Waals surface area (Å²) in [6.07, 6.45) is 4.33. The van der Waals surface area contributed by atoms with E-state index in [1.54, 1.807) is 7.05 Å². The van der Waals surface area contributed by atoms with Gasteiger partial charge in [0.1, 0.15) is 24.1 Å². The fourth-order valence-corrected chi connectivity index (χ4v) is 7.51. The van der Waals surface area contributed by atoms with Gasteiger partial charge in [0.05, 0.1) is 23.5 Å². The Morgan fingerprint density at radius 1 is 0.964 bits per heavy atom. The van der Waals surface area contributed by atoms with Crippen LogP contribution < -0.4 is 15.4 Å². The van der Waals surface area contributed by atoms with Gasteiger partial charge in [-0.05, 0) is 124 Å². The summed E-state index contributed by atoms with van der Waals surface area (Å²) in [5, 5.41) is 7.68. The number of nitrogens with zero attached hydrogens (tertiary/aromatic N) is 3. The molecule has 1 aromatic heterocycles. The van der Waals surface area contributed by atoms with Gasteiger partial charge in [-0.15, -0.1) is 0 Å². The van der Waals surface area contributed by atoms with Crippen molar-refractivity contribution in [2.24, 2.45) is 0 Å². The lowest BCUT2D eigenvalue weighted by atomic mass is 9.87. The number of benzene rings is 4. The number of fused-ring (bicyclic) bond motifs is 1. The van der Waals surface area contributed by atoms with E-state index >= 15 is 0 Å². The molecular formula is C46H51N5O5. The smallest absolute Gasteiger partial charge is 0.251 e. The van der Waals surface area contributed by atoms with Crippen molar-refractivity contribution < 1.29 is 23.9 Å². The minimum atomic E-state index is -0.465. The van der Waals surface area contributed by atoms with Gasteiger partial charge >= 0.3 is 0 Å². The maximum Gasteiger partial charge on any atom is 0.251 e. The molecule has 2 unspecified atom stereocenters. The van der Waals surface area contributed by atoms with Crippen LogP contribution in [0, 0.1) is 6.92 Å². The Hall–Kier alpha value is -5.71. The number of piperidine rings is 1. The lowest BCUT2D eigenvalue weighted by Gasteiger charge is -2.32. The van der Waals surface area contributed by atoms with Crippen LogP contribution in [-0.4, -0.2) is 72.4 Å². The van der Waals surface area contributed by atoms with Gasteiger partial charge in [-0.2, -0.15) is 0 Å². The van der Waals surface area contributed by atoms with Crippen molar-refractivity contribution in [2.75, 3.05) is 27.2 Å². The van der Waals surface area contributed by atoms with Crippen LogP contribution >= 0.6 is 0 Å². The molecule has 0 radical (unpaired) electrons. The predicted octanol–water partition coefficient (Wildman–Crippen LogP) is 7.54. The number of ether oxygens (including phenoxy) is 1. The Morgan fingerprint density at radius 2 is 1.73 bits per heavy atom. The van der Waals surface area contributed by atoms with Crippen molar-refractivity contribution in [2.45, 2.75) is 70.6 Å². The standard InChI is InChI=1S/C46H51N5O5/c1-31-13-18-40(19-14-31)56-44-12-5-8-35-27-36(17-20-41(35)44)45(54)48-32(2)42-10-6-9-39(49-42)29-51-23-21-33(22-24-51)34-15-16-37(30-53)38(26-34)28-50(4)43(11-7-25-52)46(55)47-3/h5-6,8-10,12-20,25-27,30,32-33,43H,7,11,21-24,28-29H2,1-4H3,(H,47,55)(H,48,54). The average Bonchev–Trinajstić information content (AvgIpc) is 3.22. The van der Waals surface area contributed by atoms with Crippen molar-refractivity contribution in [3.05, 3.63) is 136 Å². The Bertz CT molecular complexity index is 2160. The van der Waals surface area contributed by atoms with E-state index in [1.165, 1.54) is 11.1 Å². The highest BCUT2D eigenvalue weighted by molar-refractivity contribution is 6.00. The maximum absolute atomic E-state index is 13.4. The van der Waals surface area contributed by atoms with Gasteiger partial charge in [0, 0.05) is 43.1 Å². The normalized spacial score (nSPS) is 14.6. The second kappa shape index (κ2) is 18.8. The molecule has 5 aromatic rings. The first-order valence-electron chi connectivity index (χ1n) is 19.4. The zero-order valence-electron chi connectivity index (χ0n) is 32.7. The summed E-state index contributed by atoms with van der Waals surface area (Å²) >= 11 is 0. The van der Waals surface area contributed by atoms with Crippen molar-refractivity contribution in [1.82, 2.24) is 25.4 Å². The third-order valence-corrected chi connectivity index (χ3v) is 10.8. The zero-order valence-corrected chi connectivity index (χ0v) is 32.7. The number of aryl methyl sites for hydroxylation is 1. The average molecular weight is 754 g/mol. The van der Waals surface area contributed by atoms with Gasteiger partial charge in [0.2, 0.25) is 5.91 Å². The van der Waals surface area contributed by atoms with E-state index < -0.39 is 6.04 Å². The fraction of sp³-hybridized carbons (Fsp3) is 0.326. The summed E-state index contributed by atoms with van der Waals surface area (Å²) in [6.45, 7) is 6.93. The van der Waals surface area contributed by atoms with Crippen LogP contribution in [0.25, 0.3) is 10.8 Å². The molecule has 10 nitrogen and oxygen atoms in total. The summed E-state index contributed by atoms with van der Waals surface area (Å²) < 4.78 is 6.17. The molecule has 2 atom stereocenters. The number of carbonyl (C=O) groups excluding carboxylic acids is 4. The molecular weight excluding hydrogens is 703 g/mol. The zero-order chi connectivity index (χ0) is 39.6. The molecule has 0 spiro atoms. The highest BCUT2D eigenvalue weighted by Gasteiger charge is 2.25. The highest BCUT2D eigenvalue weighted by atomic mass is 16.5. The topological polar surface area (TPSA) is 121 Å². The van der Waals surface area contributed by atoms with Crippen LogP contribution in [0.5, 0.6) is 11.5 Å². The molecule has 4 aromatic carbocycles. The number of amides is 2. The van der Waals surface area contributed by atoms with Crippen LogP contribution in [0.15, 0.2) is 97.1 Å². The Morgan fingerprint density at radius 3 is 2.46 bits per heavy atom. The number of likely N-dealkylation sites (tertiary alicyclic amines) is 1. The monoisotopic (exact) mass is 753 g/mol. The number of rotatable bonds is 16. The minimum Gasteiger partial charge on any atom is -0.457 e. The SMILES string of the molecule is CNC(=O)C(CCC=O)N(C)Cc1cc(C2CCN(Cc3cccc(C(C)NC(=O)c4ccc5c(Oc6ccc(C)cc6)cccc5c4)n3)CC2)ccc1C=O. The first kappa shape index (κ1) is 40.0. The number of nitrogens with one attached hydrogen (secondary N) is 2. The van der Waals surface area contributed by atoms with E-state index in [9.17, 15) is 19.2 Å². The number of carbonyl (C=O) groups is 4. The molecule has 6 rings (SSSR count). The van der Waals surface area contributed by atoms with Gasteiger partial charge < -0.3 is 20.2 Å². The van der Waals surface area contributed by atoms with E-state index in [4.69, 9.17) is 9.72 Å². The van der Waals surface area contributed by atoms with Crippen molar-refractivity contribution >= 4 is 35.2 Å².